The molecule has 3 rings (SSSR count). The van der Waals surface area contributed by atoms with Crippen molar-refractivity contribution in [2.45, 2.75) is 121 Å². The SMILES string of the molecule is CC(O)CC(O)CC(O)CC(C)O.CC(O)CC1CC(CC(C)O)OC(c2ccc(N(C)C)cc2)O1.CN(C)c1ccc(C=O)cc1. The summed E-state index contributed by atoms with van der Waals surface area (Å²) in [5, 5.41) is 55.8. The third kappa shape index (κ3) is 18.5. The van der Waals surface area contributed by atoms with Crippen LogP contribution in [0.15, 0.2) is 48.5 Å². The van der Waals surface area contributed by atoms with Crippen LogP contribution in [0.3, 0.4) is 0 Å². The highest BCUT2D eigenvalue weighted by molar-refractivity contribution is 5.75. The van der Waals surface area contributed by atoms with Gasteiger partial charge in [-0.25, -0.2) is 0 Å². The predicted octanol–water partition coefficient (Wildman–Crippen LogP) is 3.67. The van der Waals surface area contributed by atoms with Gasteiger partial charge in [0.25, 0.3) is 0 Å². The minimum Gasteiger partial charge on any atom is -0.393 e. The van der Waals surface area contributed by atoms with E-state index in [-0.39, 0.29) is 31.5 Å². The van der Waals surface area contributed by atoms with Crippen LogP contribution in [0.4, 0.5) is 11.4 Å². The molecule has 8 unspecified atom stereocenters. The summed E-state index contributed by atoms with van der Waals surface area (Å²) in [6.07, 6.45) is -0.512. The number of anilines is 2. The smallest absolute Gasteiger partial charge is 0.184 e. The summed E-state index contributed by atoms with van der Waals surface area (Å²) in [4.78, 5) is 14.3. The average Bonchev–Trinajstić information content (AvgIpc) is 2.96. The van der Waals surface area contributed by atoms with Gasteiger partial charge >= 0.3 is 0 Å². The Kier molecular flexibility index (Phi) is 19.9. The van der Waals surface area contributed by atoms with E-state index >= 15 is 0 Å². The lowest BCUT2D eigenvalue weighted by molar-refractivity contribution is -0.255. The van der Waals surface area contributed by atoms with Crippen LogP contribution in [0.2, 0.25) is 0 Å². The van der Waals surface area contributed by atoms with Gasteiger partial charge in [-0.1, -0.05) is 12.1 Å². The van der Waals surface area contributed by atoms with Crippen LogP contribution in [0.25, 0.3) is 0 Å². The number of nitrogens with zero attached hydrogens (tertiary/aromatic N) is 2. The molecule has 1 fully saturated rings. The van der Waals surface area contributed by atoms with E-state index in [2.05, 4.69) is 0 Å². The zero-order valence-electron chi connectivity index (χ0n) is 29.4. The molecule has 1 aliphatic rings. The maximum Gasteiger partial charge on any atom is 0.184 e. The molecular formula is C36H60N2O9. The van der Waals surface area contributed by atoms with Crippen LogP contribution in [-0.2, 0) is 9.47 Å². The summed E-state index contributed by atoms with van der Waals surface area (Å²) in [5.74, 6) is 0. The zero-order chi connectivity index (χ0) is 35.7. The first-order valence-corrected chi connectivity index (χ1v) is 16.4. The van der Waals surface area contributed by atoms with E-state index < -0.39 is 42.9 Å². The van der Waals surface area contributed by atoms with Crippen molar-refractivity contribution in [3.8, 4) is 0 Å². The number of aliphatic hydroxyl groups is 6. The number of hydrogen-bond acceptors (Lipinski definition) is 11. The minimum atomic E-state index is -0.700. The first-order chi connectivity index (χ1) is 22.0. The molecular weight excluding hydrogens is 604 g/mol. The first-order valence-electron chi connectivity index (χ1n) is 16.4. The molecule has 0 amide bonds. The molecule has 1 aliphatic heterocycles. The van der Waals surface area contributed by atoms with E-state index in [1.54, 1.807) is 27.7 Å². The van der Waals surface area contributed by atoms with Gasteiger partial charge in [-0.3, -0.25) is 4.79 Å². The Morgan fingerprint density at radius 3 is 1.34 bits per heavy atom. The van der Waals surface area contributed by atoms with Gasteiger partial charge in [-0.05, 0) is 96.2 Å². The summed E-state index contributed by atoms with van der Waals surface area (Å²) in [7, 11) is 7.94. The molecule has 8 atom stereocenters. The monoisotopic (exact) mass is 664 g/mol. The Labute approximate surface area is 281 Å². The number of hydrogen-bond donors (Lipinski definition) is 6. The van der Waals surface area contributed by atoms with E-state index in [9.17, 15) is 25.2 Å². The van der Waals surface area contributed by atoms with Gasteiger partial charge in [0.15, 0.2) is 6.29 Å². The van der Waals surface area contributed by atoms with Crippen LogP contribution in [-0.4, -0.2) is 114 Å². The van der Waals surface area contributed by atoms with Gasteiger partial charge in [-0.2, -0.15) is 0 Å². The number of benzene rings is 2. The third-order valence-electron chi connectivity index (χ3n) is 7.36. The highest BCUT2D eigenvalue weighted by atomic mass is 16.7. The Hall–Kier alpha value is -2.61. The topological polar surface area (TPSA) is 163 Å². The van der Waals surface area contributed by atoms with Gasteiger partial charge < -0.3 is 49.9 Å². The van der Waals surface area contributed by atoms with Crippen molar-refractivity contribution in [3.63, 3.8) is 0 Å². The standard InChI is InChI=1S/C18H29NO4.C9H11NO.C9H20O4/c1-12(20)9-16-11-17(10-13(2)21)23-18(22-16)14-5-7-15(8-6-14)19(3)4;1-10(2)9-5-3-8(7-11)4-6-9;1-6(10)3-8(12)5-9(13)4-7(2)11/h5-8,12-13,16-18,20-21H,9-11H2,1-4H3;3-7H,1-2H3;6-13H,3-5H2,1-2H3. The van der Waals surface area contributed by atoms with Crippen LogP contribution in [0.5, 0.6) is 0 Å². The molecule has 47 heavy (non-hydrogen) atoms. The molecule has 1 saturated heterocycles. The van der Waals surface area contributed by atoms with E-state index in [0.29, 0.717) is 19.3 Å². The van der Waals surface area contributed by atoms with Crippen molar-refractivity contribution in [3.05, 3.63) is 59.7 Å². The number of carbonyl (C=O) groups excluding carboxylic acids is 1. The number of ether oxygens (including phenoxy) is 2. The maximum absolute atomic E-state index is 10.3. The maximum atomic E-state index is 10.3. The highest BCUT2D eigenvalue weighted by Crippen LogP contribution is 2.34. The molecule has 2 aromatic carbocycles. The van der Waals surface area contributed by atoms with E-state index in [4.69, 9.17) is 19.7 Å². The fourth-order valence-electron chi connectivity index (χ4n) is 5.08. The number of carbonyl (C=O) groups is 1. The summed E-state index contributed by atoms with van der Waals surface area (Å²) in [6, 6.07) is 15.5. The van der Waals surface area contributed by atoms with Crippen molar-refractivity contribution in [1.82, 2.24) is 0 Å². The highest BCUT2D eigenvalue weighted by Gasteiger charge is 2.32. The zero-order valence-corrected chi connectivity index (χ0v) is 29.4. The Balaban J connectivity index is 0.000000390. The van der Waals surface area contributed by atoms with E-state index in [1.165, 1.54) is 0 Å². The second kappa shape index (κ2) is 22.1. The average molecular weight is 665 g/mol. The first kappa shape index (κ1) is 42.4. The van der Waals surface area contributed by atoms with Crippen molar-refractivity contribution < 1.29 is 44.9 Å². The number of rotatable bonds is 14. The third-order valence-corrected chi connectivity index (χ3v) is 7.36. The summed E-state index contributed by atoms with van der Waals surface area (Å²) >= 11 is 0. The molecule has 268 valence electrons. The van der Waals surface area contributed by atoms with Crippen LogP contribution in [0.1, 0.15) is 88.4 Å². The molecule has 0 radical (unpaired) electrons. The molecule has 0 spiro atoms. The number of aliphatic hydroxyl groups excluding tert-OH is 6. The van der Waals surface area contributed by atoms with Gasteiger partial charge in [0.1, 0.15) is 6.29 Å². The predicted molar refractivity (Wildman–Crippen MR) is 186 cm³/mol. The van der Waals surface area contributed by atoms with Crippen LogP contribution >= 0.6 is 0 Å². The second-order valence-electron chi connectivity index (χ2n) is 13.1. The van der Waals surface area contributed by atoms with E-state index in [0.717, 1.165) is 28.8 Å². The molecule has 2 aromatic rings. The summed E-state index contributed by atoms with van der Waals surface area (Å²) in [5.41, 5.74) is 3.90. The molecule has 0 aromatic heterocycles. The Bertz CT molecular complexity index is 1060. The molecule has 11 nitrogen and oxygen atoms in total. The van der Waals surface area contributed by atoms with E-state index in [1.807, 2.05) is 86.5 Å². The lowest BCUT2D eigenvalue weighted by Crippen LogP contribution is -2.36. The summed E-state index contributed by atoms with van der Waals surface area (Å²) in [6.45, 7) is 6.71. The quantitative estimate of drug-likeness (QED) is 0.163. The molecule has 0 saturated carbocycles. The molecule has 6 N–H and O–H groups in total. The van der Waals surface area contributed by atoms with Gasteiger partial charge in [-0.15, -0.1) is 0 Å². The summed E-state index contributed by atoms with van der Waals surface area (Å²) < 4.78 is 12.0. The number of aldehydes is 1. The molecule has 0 bridgehead atoms. The van der Waals surface area contributed by atoms with Crippen molar-refractivity contribution in [2.75, 3.05) is 38.0 Å². The van der Waals surface area contributed by atoms with Gasteiger partial charge in [0, 0.05) is 57.1 Å². The Morgan fingerprint density at radius 1 is 0.638 bits per heavy atom. The van der Waals surface area contributed by atoms with Gasteiger partial charge in [0.05, 0.1) is 48.8 Å². The molecule has 11 heteroatoms. The van der Waals surface area contributed by atoms with Crippen molar-refractivity contribution in [2.24, 2.45) is 0 Å². The van der Waals surface area contributed by atoms with Gasteiger partial charge in [0.2, 0.25) is 0 Å². The molecule has 1 heterocycles. The normalized spacial score (nSPS) is 21.4. The lowest BCUT2D eigenvalue weighted by Gasteiger charge is -2.37. The van der Waals surface area contributed by atoms with Crippen molar-refractivity contribution >= 4 is 17.7 Å². The Morgan fingerprint density at radius 2 is 1.02 bits per heavy atom. The van der Waals surface area contributed by atoms with Crippen molar-refractivity contribution in [1.29, 1.82) is 0 Å². The van der Waals surface area contributed by atoms with Crippen LogP contribution in [0, 0.1) is 0 Å². The fraction of sp³-hybridized carbons (Fsp3) is 0.639. The lowest BCUT2D eigenvalue weighted by atomic mass is 10.00. The second-order valence-corrected chi connectivity index (χ2v) is 13.1. The minimum absolute atomic E-state index is 0.0639. The molecule has 0 aliphatic carbocycles. The largest absolute Gasteiger partial charge is 0.393 e. The van der Waals surface area contributed by atoms with Crippen LogP contribution < -0.4 is 9.80 Å². The fourth-order valence-corrected chi connectivity index (χ4v) is 5.08.